The Hall–Kier alpha value is -1.36. The van der Waals surface area contributed by atoms with Gasteiger partial charge in [0.15, 0.2) is 0 Å². The Kier molecular flexibility index (Phi) is 3.56. The highest BCUT2D eigenvalue weighted by Crippen LogP contribution is 2.24. The summed E-state index contributed by atoms with van der Waals surface area (Å²) in [6.07, 6.45) is 2.56. The highest BCUT2D eigenvalue weighted by atomic mass is 16.5. The molecule has 0 aromatic carbocycles. The third kappa shape index (κ3) is 2.09. The standard InChI is InChI=1S/C11H18N4O/c1-3-9-10(12-2)13-8-14-11(9)15-4-6-16-7-5-15/h8H,3-7H2,1-2H3,(H,12,13,14). The number of hydrogen-bond acceptors (Lipinski definition) is 5. The van der Waals surface area contributed by atoms with Gasteiger partial charge in [-0.25, -0.2) is 9.97 Å². The van der Waals surface area contributed by atoms with Crippen LogP contribution < -0.4 is 10.2 Å². The number of morpholine rings is 1. The van der Waals surface area contributed by atoms with Gasteiger partial charge >= 0.3 is 0 Å². The number of rotatable bonds is 3. The lowest BCUT2D eigenvalue weighted by atomic mass is 10.2. The predicted octanol–water partition coefficient (Wildman–Crippen LogP) is 0.917. The van der Waals surface area contributed by atoms with Crippen molar-refractivity contribution in [2.24, 2.45) is 0 Å². The lowest BCUT2D eigenvalue weighted by Gasteiger charge is -2.29. The molecule has 1 aromatic heterocycles. The van der Waals surface area contributed by atoms with Crippen LogP contribution in [-0.4, -0.2) is 43.3 Å². The first-order valence-corrected chi connectivity index (χ1v) is 5.71. The number of anilines is 2. The summed E-state index contributed by atoms with van der Waals surface area (Å²) in [5, 5.41) is 3.12. The molecule has 1 fully saturated rings. The largest absolute Gasteiger partial charge is 0.378 e. The molecule has 0 unspecified atom stereocenters. The van der Waals surface area contributed by atoms with Crippen LogP contribution in [-0.2, 0) is 11.2 Å². The Morgan fingerprint density at radius 2 is 2.12 bits per heavy atom. The quantitative estimate of drug-likeness (QED) is 0.824. The molecule has 1 aromatic rings. The van der Waals surface area contributed by atoms with Crippen LogP contribution in [0, 0.1) is 0 Å². The SMILES string of the molecule is CCc1c(NC)ncnc1N1CCOCC1. The van der Waals surface area contributed by atoms with Crippen molar-refractivity contribution in [1.82, 2.24) is 9.97 Å². The maximum Gasteiger partial charge on any atom is 0.137 e. The highest BCUT2D eigenvalue weighted by Gasteiger charge is 2.17. The van der Waals surface area contributed by atoms with Gasteiger partial charge in [0.05, 0.1) is 13.2 Å². The third-order valence-corrected chi connectivity index (χ3v) is 2.82. The van der Waals surface area contributed by atoms with E-state index in [1.807, 2.05) is 7.05 Å². The van der Waals surface area contributed by atoms with Gasteiger partial charge in [0.2, 0.25) is 0 Å². The summed E-state index contributed by atoms with van der Waals surface area (Å²) in [5.41, 5.74) is 1.19. The van der Waals surface area contributed by atoms with E-state index >= 15 is 0 Å². The van der Waals surface area contributed by atoms with E-state index in [1.165, 1.54) is 5.56 Å². The van der Waals surface area contributed by atoms with Crippen molar-refractivity contribution in [2.75, 3.05) is 43.6 Å². The summed E-state index contributed by atoms with van der Waals surface area (Å²) in [6.45, 7) is 5.51. The number of nitrogens with one attached hydrogen (secondary N) is 1. The zero-order valence-electron chi connectivity index (χ0n) is 9.86. The molecule has 0 aliphatic carbocycles. The number of ether oxygens (including phenoxy) is 1. The fourth-order valence-corrected chi connectivity index (χ4v) is 1.99. The van der Waals surface area contributed by atoms with Gasteiger partial charge in [-0.1, -0.05) is 6.92 Å². The topological polar surface area (TPSA) is 50.3 Å². The van der Waals surface area contributed by atoms with Crippen LogP contribution in [0.1, 0.15) is 12.5 Å². The summed E-state index contributed by atoms with van der Waals surface area (Å²) < 4.78 is 5.35. The van der Waals surface area contributed by atoms with Gasteiger partial charge in [-0.3, -0.25) is 0 Å². The van der Waals surface area contributed by atoms with Gasteiger partial charge in [-0.15, -0.1) is 0 Å². The van der Waals surface area contributed by atoms with Crippen molar-refractivity contribution >= 4 is 11.6 Å². The molecule has 1 N–H and O–H groups in total. The molecule has 1 saturated heterocycles. The van der Waals surface area contributed by atoms with E-state index < -0.39 is 0 Å². The first-order chi connectivity index (χ1) is 7.86. The van der Waals surface area contributed by atoms with E-state index in [0.717, 1.165) is 44.4 Å². The van der Waals surface area contributed by atoms with E-state index in [-0.39, 0.29) is 0 Å². The van der Waals surface area contributed by atoms with Crippen LogP contribution >= 0.6 is 0 Å². The molecule has 88 valence electrons. The molecule has 2 heterocycles. The Morgan fingerprint density at radius 1 is 1.38 bits per heavy atom. The molecule has 5 nitrogen and oxygen atoms in total. The molecule has 1 aliphatic heterocycles. The van der Waals surface area contributed by atoms with Gasteiger partial charge < -0.3 is 15.0 Å². The molecule has 5 heteroatoms. The molecule has 1 aliphatic rings. The van der Waals surface area contributed by atoms with E-state index in [1.54, 1.807) is 6.33 Å². The fraction of sp³-hybridized carbons (Fsp3) is 0.636. The van der Waals surface area contributed by atoms with Gasteiger partial charge in [0.1, 0.15) is 18.0 Å². The second kappa shape index (κ2) is 5.12. The van der Waals surface area contributed by atoms with Crippen molar-refractivity contribution in [2.45, 2.75) is 13.3 Å². The van der Waals surface area contributed by atoms with Gasteiger partial charge in [-0.2, -0.15) is 0 Å². The summed E-state index contributed by atoms with van der Waals surface area (Å²) >= 11 is 0. The first-order valence-electron chi connectivity index (χ1n) is 5.71. The molecule has 0 atom stereocenters. The van der Waals surface area contributed by atoms with Crippen LogP contribution in [0.25, 0.3) is 0 Å². The molecule has 2 rings (SSSR count). The average molecular weight is 222 g/mol. The summed E-state index contributed by atoms with van der Waals surface area (Å²) in [5.74, 6) is 1.98. The van der Waals surface area contributed by atoms with E-state index in [9.17, 15) is 0 Å². The monoisotopic (exact) mass is 222 g/mol. The van der Waals surface area contributed by atoms with E-state index in [0.29, 0.717) is 0 Å². The first kappa shape index (κ1) is 11.1. The van der Waals surface area contributed by atoms with Crippen LogP contribution in [0.2, 0.25) is 0 Å². The Morgan fingerprint density at radius 3 is 2.75 bits per heavy atom. The second-order valence-electron chi connectivity index (χ2n) is 3.73. The molecule has 0 radical (unpaired) electrons. The average Bonchev–Trinajstić information content (AvgIpc) is 2.38. The number of nitrogens with zero attached hydrogens (tertiary/aromatic N) is 3. The second-order valence-corrected chi connectivity index (χ2v) is 3.73. The highest BCUT2D eigenvalue weighted by molar-refractivity contribution is 5.58. The molecular weight excluding hydrogens is 204 g/mol. The zero-order chi connectivity index (χ0) is 11.4. The van der Waals surface area contributed by atoms with E-state index in [4.69, 9.17) is 4.74 Å². The number of hydrogen-bond donors (Lipinski definition) is 1. The minimum atomic E-state index is 0.780. The van der Waals surface area contributed by atoms with Crippen LogP contribution in [0.15, 0.2) is 6.33 Å². The van der Waals surface area contributed by atoms with Crippen molar-refractivity contribution in [1.29, 1.82) is 0 Å². The molecule has 0 saturated carbocycles. The fourth-order valence-electron chi connectivity index (χ4n) is 1.99. The lowest BCUT2D eigenvalue weighted by molar-refractivity contribution is 0.122. The zero-order valence-corrected chi connectivity index (χ0v) is 9.86. The minimum absolute atomic E-state index is 0.780. The van der Waals surface area contributed by atoms with Gasteiger partial charge in [-0.05, 0) is 6.42 Å². The van der Waals surface area contributed by atoms with Gasteiger partial charge in [0, 0.05) is 25.7 Å². The Balaban J connectivity index is 2.30. The normalized spacial score (nSPS) is 16.2. The Labute approximate surface area is 95.8 Å². The molecule has 0 bridgehead atoms. The maximum atomic E-state index is 5.35. The van der Waals surface area contributed by atoms with Crippen LogP contribution in [0.4, 0.5) is 11.6 Å². The minimum Gasteiger partial charge on any atom is -0.378 e. The molecule has 0 spiro atoms. The van der Waals surface area contributed by atoms with Crippen molar-refractivity contribution < 1.29 is 4.74 Å². The predicted molar refractivity (Wildman–Crippen MR) is 64.0 cm³/mol. The van der Waals surface area contributed by atoms with E-state index in [2.05, 4.69) is 27.1 Å². The summed E-state index contributed by atoms with van der Waals surface area (Å²) in [6, 6.07) is 0. The van der Waals surface area contributed by atoms with Crippen molar-refractivity contribution in [3.05, 3.63) is 11.9 Å². The van der Waals surface area contributed by atoms with Crippen LogP contribution in [0.3, 0.4) is 0 Å². The van der Waals surface area contributed by atoms with Crippen molar-refractivity contribution in [3.63, 3.8) is 0 Å². The Bertz CT molecular complexity index is 350. The van der Waals surface area contributed by atoms with Crippen LogP contribution in [0.5, 0.6) is 0 Å². The summed E-state index contributed by atoms with van der Waals surface area (Å²) in [7, 11) is 1.89. The summed E-state index contributed by atoms with van der Waals surface area (Å²) in [4.78, 5) is 10.9. The molecule has 16 heavy (non-hydrogen) atoms. The number of aromatic nitrogens is 2. The molecule has 0 amide bonds. The van der Waals surface area contributed by atoms with Crippen molar-refractivity contribution in [3.8, 4) is 0 Å². The van der Waals surface area contributed by atoms with Gasteiger partial charge in [0.25, 0.3) is 0 Å². The lowest BCUT2D eigenvalue weighted by Crippen LogP contribution is -2.37. The smallest absolute Gasteiger partial charge is 0.137 e. The molecular formula is C11H18N4O. The maximum absolute atomic E-state index is 5.35. The third-order valence-electron chi connectivity index (χ3n) is 2.82.